The second-order valence-corrected chi connectivity index (χ2v) is 6.35. The Bertz CT molecular complexity index is 689. The molecule has 0 atom stereocenters. The van der Waals surface area contributed by atoms with Crippen LogP contribution in [0.4, 0.5) is 0 Å². The lowest BCUT2D eigenvalue weighted by Gasteiger charge is -2.09. The van der Waals surface area contributed by atoms with Crippen molar-refractivity contribution in [3.8, 4) is 0 Å². The Morgan fingerprint density at radius 3 is 1.83 bits per heavy atom. The number of carbonyl (C=O) groups excluding carboxylic acids is 2. The van der Waals surface area contributed by atoms with Crippen molar-refractivity contribution in [3.05, 3.63) is 70.8 Å². The van der Waals surface area contributed by atoms with Crippen LogP contribution in [0.5, 0.6) is 0 Å². The van der Waals surface area contributed by atoms with Gasteiger partial charge in [0, 0.05) is 24.2 Å². The second-order valence-electron chi connectivity index (χ2n) is 6.35. The van der Waals surface area contributed by atoms with Gasteiger partial charge >= 0.3 is 0 Å². The molecular formula is C20H24N2O2. The van der Waals surface area contributed by atoms with Crippen LogP contribution in [-0.4, -0.2) is 18.4 Å². The third kappa shape index (κ3) is 5.23. The van der Waals surface area contributed by atoms with Crippen LogP contribution < -0.4 is 10.6 Å². The molecule has 4 nitrogen and oxygen atoms in total. The molecule has 0 aliphatic heterocycles. The highest BCUT2D eigenvalue weighted by atomic mass is 16.2. The van der Waals surface area contributed by atoms with Gasteiger partial charge in [0.05, 0.1) is 0 Å². The highest BCUT2D eigenvalue weighted by Crippen LogP contribution is 2.07. The maximum atomic E-state index is 12.2. The molecule has 2 amide bonds. The first-order chi connectivity index (χ1) is 11.5. The number of hydrogen-bond acceptors (Lipinski definition) is 2. The molecule has 0 radical (unpaired) electrons. The van der Waals surface area contributed by atoms with Crippen molar-refractivity contribution in [2.75, 3.05) is 6.54 Å². The summed E-state index contributed by atoms with van der Waals surface area (Å²) in [4.78, 5) is 24.1. The minimum absolute atomic E-state index is 0.115. The van der Waals surface area contributed by atoms with Crippen molar-refractivity contribution >= 4 is 11.8 Å². The van der Waals surface area contributed by atoms with Crippen molar-refractivity contribution in [3.63, 3.8) is 0 Å². The number of nitrogens with one attached hydrogen (secondary N) is 2. The van der Waals surface area contributed by atoms with Crippen LogP contribution in [0.2, 0.25) is 0 Å². The van der Waals surface area contributed by atoms with E-state index in [-0.39, 0.29) is 11.8 Å². The Kier molecular flexibility index (Phi) is 6.13. The summed E-state index contributed by atoms with van der Waals surface area (Å²) in [6.45, 7) is 7.23. The van der Waals surface area contributed by atoms with Gasteiger partial charge in [0.25, 0.3) is 11.8 Å². The van der Waals surface area contributed by atoms with Gasteiger partial charge < -0.3 is 10.6 Å². The van der Waals surface area contributed by atoms with E-state index < -0.39 is 0 Å². The predicted molar refractivity (Wildman–Crippen MR) is 96.0 cm³/mol. The summed E-state index contributed by atoms with van der Waals surface area (Å²) in [7, 11) is 0. The van der Waals surface area contributed by atoms with Crippen LogP contribution in [0.25, 0.3) is 0 Å². The normalized spacial score (nSPS) is 10.5. The molecule has 126 valence electrons. The van der Waals surface area contributed by atoms with Crippen molar-refractivity contribution in [2.24, 2.45) is 5.92 Å². The van der Waals surface area contributed by atoms with Gasteiger partial charge in [-0.05, 0) is 42.7 Å². The average molecular weight is 324 g/mol. The van der Waals surface area contributed by atoms with E-state index in [1.54, 1.807) is 24.3 Å². The predicted octanol–water partition coefficient (Wildman–Crippen LogP) is 3.31. The van der Waals surface area contributed by atoms with Gasteiger partial charge in [-0.3, -0.25) is 9.59 Å². The lowest BCUT2D eigenvalue weighted by Crippen LogP contribution is -2.27. The molecule has 0 aliphatic carbocycles. The molecule has 2 N–H and O–H groups in total. The second kappa shape index (κ2) is 8.29. The van der Waals surface area contributed by atoms with Gasteiger partial charge in [-0.1, -0.05) is 43.7 Å². The Labute approximate surface area is 143 Å². The average Bonchev–Trinajstić information content (AvgIpc) is 2.59. The molecule has 4 heteroatoms. The molecule has 0 saturated carbocycles. The minimum atomic E-state index is -0.148. The molecule has 0 aliphatic rings. The molecule has 0 bridgehead atoms. The topological polar surface area (TPSA) is 58.2 Å². The Hall–Kier alpha value is -2.62. The zero-order chi connectivity index (χ0) is 17.5. The SMILES string of the molecule is Cc1ccc(CNC(=O)c2ccc(C(=O)NCC(C)C)cc2)cc1. The van der Waals surface area contributed by atoms with E-state index in [2.05, 4.69) is 10.6 Å². The first kappa shape index (κ1) is 17.7. The molecule has 24 heavy (non-hydrogen) atoms. The zero-order valence-electron chi connectivity index (χ0n) is 14.4. The summed E-state index contributed by atoms with van der Waals surface area (Å²) in [6, 6.07) is 14.7. The van der Waals surface area contributed by atoms with E-state index in [1.165, 1.54) is 5.56 Å². The third-order valence-corrected chi connectivity index (χ3v) is 3.65. The number of aryl methyl sites for hydroxylation is 1. The highest BCUT2D eigenvalue weighted by molar-refractivity contribution is 5.97. The van der Waals surface area contributed by atoms with Gasteiger partial charge in [-0.25, -0.2) is 0 Å². The van der Waals surface area contributed by atoms with Gasteiger partial charge in [0.15, 0.2) is 0 Å². The fraction of sp³-hybridized carbons (Fsp3) is 0.300. The molecule has 0 spiro atoms. The quantitative estimate of drug-likeness (QED) is 0.856. The largest absolute Gasteiger partial charge is 0.352 e. The summed E-state index contributed by atoms with van der Waals surface area (Å²) in [6.07, 6.45) is 0. The highest BCUT2D eigenvalue weighted by Gasteiger charge is 2.09. The summed E-state index contributed by atoms with van der Waals surface area (Å²) in [5.74, 6) is 0.140. The molecule has 0 unspecified atom stereocenters. The first-order valence-corrected chi connectivity index (χ1v) is 8.17. The lowest BCUT2D eigenvalue weighted by molar-refractivity contribution is 0.0938. The van der Waals surface area contributed by atoms with Gasteiger partial charge in [-0.15, -0.1) is 0 Å². The molecule has 2 aromatic rings. The van der Waals surface area contributed by atoms with Crippen molar-refractivity contribution in [1.29, 1.82) is 0 Å². The molecule has 0 heterocycles. The smallest absolute Gasteiger partial charge is 0.251 e. The first-order valence-electron chi connectivity index (χ1n) is 8.17. The van der Waals surface area contributed by atoms with Crippen molar-refractivity contribution in [1.82, 2.24) is 10.6 Å². The number of hydrogen-bond donors (Lipinski definition) is 2. The summed E-state index contributed by atoms with van der Waals surface area (Å²) in [5.41, 5.74) is 3.35. The number of benzene rings is 2. The molecule has 2 aromatic carbocycles. The fourth-order valence-corrected chi connectivity index (χ4v) is 2.16. The number of carbonyl (C=O) groups is 2. The van der Waals surface area contributed by atoms with E-state index in [0.29, 0.717) is 30.1 Å². The third-order valence-electron chi connectivity index (χ3n) is 3.65. The van der Waals surface area contributed by atoms with Crippen LogP contribution in [-0.2, 0) is 6.54 Å². The maximum Gasteiger partial charge on any atom is 0.251 e. The van der Waals surface area contributed by atoms with Crippen LogP contribution in [0.15, 0.2) is 48.5 Å². The molecule has 0 aromatic heterocycles. The van der Waals surface area contributed by atoms with Gasteiger partial charge in [0.2, 0.25) is 0 Å². The summed E-state index contributed by atoms with van der Waals surface area (Å²) < 4.78 is 0. The standard InChI is InChI=1S/C20H24N2O2/c1-14(2)12-21-19(23)17-8-10-18(11-9-17)20(24)22-13-16-6-4-15(3)5-7-16/h4-11,14H,12-13H2,1-3H3,(H,21,23)(H,22,24). The van der Waals surface area contributed by atoms with E-state index >= 15 is 0 Å². The molecule has 2 rings (SSSR count). The van der Waals surface area contributed by atoms with Gasteiger partial charge in [0.1, 0.15) is 0 Å². The van der Waals surface area contributed by atoms with E-state index in [0.717, 1.165) is 5.56 Å². The summed E-state index contributed by atoms with van der Waals surface area (Å²) >= 11 is 0. The van der Waals surface area contributed by atoms with Crippen molar-refractivity contribution < 1.29 is 9.59 Å². The van der Waals surface area contributed by atoms with E-state index in [9.17, 15) is 9.59 Å². The van der Waals surface area contributed by atoms with Crippen molar-refractivity contribution in [2.45, 2.75) is 27.3 Å². The molecule has 0 fully saturated rings. The Balaban J connectivity index is 1.91. The zero-order valence-corrected chi connectivity index (χ0v) is 14.4. The Morgan fingerprint density at radius 2 is 1.33 bits per heavy atom. The maximum absolute atomic E-state index is 12.2. The van der Waals surface area contributed by atoms with Gasteiger partial charge in [-0.2, -0.15) is 0 Å². The minimum Gasteiger partial charge on any atom is -0.352 e. The molecule has 0 saturated heterocycles. The van der Waals surface area contributed by atoms with Crippen LogP contribution in [0.3, 0.4) is 0 Å². The van der Waals surface area contributed by atoms with Crippen LogP contribution in [0, 0.1) is 12.8 Å². The number of rotatable bonds is 6. The van der Waals surface area contributed by atoms with E-state index in [4.69, 9.17) is 0 Å². The summed E-state index contributed by atoms with van der Waals surface area (Å²) in [5, 5.41) is 5.74. The Morgan fingerprint density at radius 1 is 0.833 bits per heavy atom. The van der Waals surface area contributed by atoms with Crippen LogP contribution >= 0.6 is 0 Å². The molecular weight excluding hydrogens is 300 g/mol. The van der Waals surface area contributed by atoms with E-state index in [1.807, 2.05) is 45.0 Å². The monoisotopic (exact) mass is 324 g/mol. The van der Waals surface area contributed by atoms with Crippen LogP contribution in [0.1, 0.15) is 45.7 Å². The fourth-order valence-electron chi connectivity index (χ4n) is 2.16. The lowest BCUT2D eigenvalue weighted by atomic mass is 10.1. The number of amides is 2.